The van der Waals surface area contributed by atoms with Crippen molar-refractivity contribution < 1.29 is 0 Å². The first-order valence-electron chi connectivity index (χ1n) is 10.3. The van der Waals surface area contributed by atoms with Crippen molar-refractivity contribution in [3.8, 4) is 5.69 Å². The minimum Gasteiger partial charge on any atom is -0.369 e. The van der Waals surface area contributed by atoms with Crippen molar-refractivity contribution in [3.05, 3.63) is 75.4 Å². The molecule has 0 saturated carbocycles. The predicted octanol–water partition coefficient (Wildman–Crippen LogP) is 5.53. The summed E-state index contributed by atoms with van der Waals surface area (Å²) in [6.07, 6.45) is 3.30. The van der Waals surface area contributed by atoms with E-state index in [1.54, 1.807) is 0 Å². The zero-order chi connectivity index (χ0) is 19.8. The molecule has 0 atom stereocenters. The molecule has 0 unspecified atom stereocenters. The van der Waals surface area contributed by atoms with Gasteiger partial charge >= 0.3 is 0 Å². The second kappa shape index (κ2) is 8.02. The van der Waals surface area contributed by atoms with Crippen molar-refractivity contribution in [2.45, 2.75) is 31.7 Å². The lowest BCUT2D eigenvalue weighted by Gasteiger charge is -2.31. The second-order valence-corrected chi connectivity index (χ2v) is 8.78. The van der Waals surface area contributed by atoms with Gasteiger partial charge in [-0.25, -0.2) is 4.68 Å². The van der Waals surface area contributed by atoms with Gasteiger partial charge in [0.05, 0.1) is 16.4 Å². The van der Waals surface area contributed by atoms with Crippen molar-refractivity contribution in [3.63, 3.8) is 0 Å². The van der Waals surface area contributed by atoms with Gasteiger partial charge in [0, 0.05) is 29.6 Å². The van der Waals surface area contributed by atoms with Crippen LogP contribution in [0.15, 0.2) is 48.5 Å². The Morgan fingerprint density at radius 1 is 1.03 bits per heavy atom. The molecule has 150 valence electrons. The third kappa shape index (κ3) is 3.77. The van der Waals surface area contributed by atoms with E-state index in [2.05, 4.69) is 40.5 Å². The summed E-state index contributed by atoms with van der Waals surface area (Å²) in [6, 6.07) is 16.3. The van der Waals surface area contributed by atoms with Gasteiger partial charge in [-0.15, -0.1) is 0 Å². The number of hydrogen-bond donors (Lipinski definition) is 1. The molecule has 0 spiro atoms. The molecule has 1 fully saturated rings. The molecule has 2 aliphatic heterocycles. The number of hydrogen-bond acceptors (Lipinski definition) is 3. The molecule has 2 aromatic carbocycles. The molecule has 4 nitrogen and oxygen atoms in total. The van der Waals surface area contributed by atoms with E-state index in [4.69, 9.17) is 28.3 Å². The number of rotatable bonds is 4. The monoisotopic (exact) mass is 426 g/mol. The maximum atomic E-state index is 6.47. The summed E-state index contributed by atoms with van der Waals surface area (Å²) >= 11 is 12.7. The standard InChI is InChI=1S/C23H24Cl2N4/c24-18-6-7-20(25)21(14-18)29-23-19(8-11-26-23)22(27-29)17-9-12-28(13-10-17)15-16-4-2-1-3-5-16/h1-7,14,17,26H,8-13,15H2. The van der Waals surface area contributed by atoms with Crippen molar-refractivity contribution in [1.29, 1.82) is 0 Å². The van der Waals surface area contributed by atoms with Crippen LogP contribution < -0.4 is 5.32 Å². The molecule has 6 heteroatoms. The maximum Gasteiger partial charge on any atom is 0.133 e. The van der Waals surface area contributed by atoms with Crippen LogP contribution in [0.5, 0.6) is 0 Å². The highest BCUT2D eigenvalue weighted by Gasteiger charge is 2.30. The van der Waals surface area contributed by atoms with E-state index < -0.39 is 0 Å². The fourth-order valence-corrected chi connectivity index (χ4v) is 4.92. The Hall–Kier alpha value is -2.01. The van der Waals surface area contributed by atoms with Gasteiger partial charge in [0.25, 0.3) is 0 Å². The Labute approximate surface area is 181 Å². The van der Waals surface area contributed by atoms with Gasteiger partial charge < -0.3 is 5.32 Å². The minimum absolute atomic E-state index is 0.495. The fraction of sp³-hybridized carbons (Fsp3) is 0.348. The van der Waals surface area contributed by atoms with E-state index in [-0.39, 0.29) is 0 Å². The first-order valence-corrected chi connectivity index (χ1v) is 11.0. The molecule has 0 radical (unpaired) electrons. The molecular formula is C23H24Cl2N4. The van der Waals surface area contributed by atoms with Gasteiger partial charge in [0.15, 0.2) is 0 Å². The average Bonchev–Trinajstić information content (AvgIpc) is 3.34. The highest BCUT2D eigenvalue weighted by Crippen LogP contribution is 2.38. The van der Waals surface area contributed by atoms with Gasteiger partial charge in [-0.2, -0.15) is 5.10 Å². The van der Waals surface area contributed by atoms with Crippen LogP contribution in [0.2, 0.25) is 10.0 Å². The SMILES string of the molecule is Clc1ccc(Cl)c(-n2nc(C3CCN(Cc4ccccc4)CC3)c3c2NCC3)c1. The molecule has 3 aromatic rings. The largest absolute Gasteiger partial charge is 0.369 e. The number of anilines is 1. The van der Waals surface area contributed by atoms with Crippen molar-refractivity contribution in [1.82, 2.24) is 14.7 Å². The van der Waals surface area contributed by atoms with Crippen LogP contribution in [-0.4, -0.2) is 34.3 Å². The highest BCUT2D eigenvalue weighted by molar-refractivity contribution is 6.34. The molecule has 0 amide bonds. The molecule has 1 aromatic heterocycles. The Morgan fingerprint density at radius 3 is 2.62 bits per heavy atom. The first kappa shape index (κ1) is 19.0. The summed E-state index contributed by atoms with van der Waals surface area (Å²) in [6.45, 7) is 4.18. The third-order valence-electron chi connectivity index (χ3n) is 6.04. The molecular weight excluding hydrogens is 403 g/mol. The molecule has 29 heavy (non-hydrogen) atoms. The maximum absolute atomic E-state index is 6.47. The smallest absolute Gasteiger partial charge is 0.133 e. The number of nitrogens with zero attached hydrogens (tertiary/aromatic N) is 3. The number of piperidine rings is 1. The third-order valence-corrected chi connectivity index (χ3v) is 6.60. The van der Waals surface area contributed by atoms with Gasteiger partial charge in [-0.1, -0.05) is 53.5 Å². The van der Waals surface area contributed by atoms with E-state index in [0.29, 0.717) is 16.0 Å². The average molecular weight is 427 g/mol. The molecule has 5 rings (SSSR count). The Balaban J connectivity index is 1.37. The Morgan fingerprint density at radius 2 is 1.83 bits per heavy atom. The molecule has 0 aliphatic carbocycles. The van der Waals surface area contributed by atoms with Gasteiger partial charge in [0.2, 0.25) is 0 Å². The first-order chi connectivity index (χ1) is 14.2. The van der Waals surface area contributed by atoms with Crippen LogP contribution in [0.3, 0.4) is 0 Å². The normalized spacial score (nSPS) is 17.3. The zero-order valence-corrected chi connectivity index (χ0v) is 17.8. The summed E-state index contributed by atoms with van der Waals surface area (Å²) in [4.78, 5) is 2.55. The van der Waals surface area contributed by atoms with Crippen LogP contribution >= 0.6 is 23.2 Å². The Kier molecular flexibility index (Phi) is 5.25. The number of aromatic nitrogens is 2. The summed E-state index contributed by atoms with van der Waals surface area (Å²) in [5.74, 6) is 1.57. The number of halogens is 2. The highest BCUT2D eigenvalue weighted by atomic mass is 35.5. The number of benzene rings is 2. The van der Waals surface area contributed by atoms with Crippen molar-refractivity contribution in [2.24, 2.45) is 0 Å². The number of nitrogens with one attached hydrogen (secondary N) is 1. The summed E-state index contributed by atoms with van der Waals surface area (Å²) in [7, 11) is 0. The lowest BCUT2D eigenvalue weighted by atomic mass is 9.90. The van der Waals surface area contributed by atoms with Gasteiger partial charge in [0.1, 0.15) is 5.82 Å². The van der Waals surface area contributed by atoms with Crippen molar-refractivity contribution in [2.75, 3.05) is 25.0 Å². The zero-order valence-electron chi connectivity index (χ0n) is 16.2. The van der Waals surface area contributed by atoms with Crippen LogP contribution in [0, 0.1) is 0 Å². The quantitative estimate of drug-likeness (QED) is 0.595. The Bertz CT molecular complexity index is 1010. The summed E-state index contributed by atoms with van der Waals surface area (Å²) < 4.78 is 1.96. The molecule has 2 aliphatic rings. The van der Waals surface area contributed by atoms with Crippen molar-refractivity contribution >= 4 is 29.0 Å². The van der Waals surface area contributed by atoms with Crippen LogP contribution in [0.1, 0.15) is 35.6 Å². The topological polar surface area (TPSA) is 33.1 Å². The van der Waals surface area contributed by atoms with E-state index in [1.165, 1.54) is 16.8 Å². The second-order valence-electron chi connectivity index (χ2n) is 7.93. The van der Waals surface area contributed by atoms with E-state index in [1.807, 2.05) is 22.9 Å². The van der Waals surface area contributed by atoms with Crippen LogP contribution in [-0.2, 0) is 13.0 Å². The van der Waals surface area contributed by atoms with Crippen LogP contribution in [0.25, 0.3) is 5.69 Å². The van der Waals surface area contributed by atoms with E-state index in [9.17, 15) is 0 Å². The lowest BCUT2D eigenvalue weighted by Crippen LogP contribution is -2.32. The molecule has 3 heterocycles. The predicted molar refractivity (Wildman–Crippen MR) is 119 cm³/mol. The van der Waals surface area contributed by atoms with E-state index >= 15 is 0 Å². The fourth-order valence-electron chi connectivity index (χ4n) is 4.56. The molecule has 1 N–H and O–H groups in total. The molecule has 0 bridgehead atoms. The minimum atomic E-state index is 0.495. The number of likely N-dealkylation sites (tertiary alicyclic amines) is 1. The molecule has 1 saturated heterocycles. The van der Waals surface area contributed by atoms with E-state index in [0.717, 1.165) is 56.9 Å². The summed E-state index contributed by atoms with van der Waals surface area (Å²) in [5, 5.41) is 9.87. The van der Waals surface area contributed by atoms with Gasteiger partial charge in [-0.3, -0.25) is 4.90 Å². The number of fused-ring (bicyclic) bond motifs is 1. The van der Waals surface area contributed by atoms with Gasteiger partial charge in [-0.05, 0) is 56.1 Å². The van der Waals surface area contributed by atoms with Crippen LogP contribution in [0.4, 0.5) is 5.82 Å². The lowest BCUT2D eigenvalue weighted by molar-refractivity contribution is 0.203. The summed E-state index contributed by atoms with van der Waals surface area (Å²) in [5.41, 5.74) is 4.82.